The summed E-state index contributed by atoms with van der Waals surface area (Å²) < 4.78 is 5.69. The molecule has 2 aromatic rings. The van der Waals surface area contributed by atoms with E-state index in [0.717, 1.165) is 30.5 Å². The lowest BCUT2D eigenvalue weighted by molar-refractivity contribution is 0.0264. The second-order valence-electron chi connectivity index (χ2n) is 5.52. The van der Waals surface area contributed by atoms with Crippen LogP contribution in [0, 0.1) is 5.92 Å². The van der Waals surface area contributed by atoms with Crippen molar-refractivity contribution >= 4 is 16.8 Å². The summed E-state index contributed by atoms with van der Waals surface area (Å²) in [6, 6.07) is 5.50. The van der Waals surface area contributed by atoms with Gasteiger partial charge in [-0.25, -0.2) is 4.98 Å². The molecule has 1 saturated carbocycles. The van der Waals surface area contributed by atoms with Gasteiger partial charge in [0, 0.05) is 18.3 Å². The SMILES string of the molecule is CN(Cc1nc2ccc(N)cc2o1)CC1CC(O)C1. The number of benzene rings is 1. The number of anilines is 1. The largest absolute Gasteiger partial charge is 0.439 e. The summed E-state index contributed by atoms with van der Waals surface area (Å²) in [6.07, 6.45) is 1.73. The molecule has 5 heteroatoms. The fourth-order valence-electron chi connectivity index (χ4n) is 2.64. The topological polar surface area (TPSA) is 75.5 Å². The van der Waals surface area contributed by atoms with E-state index in [9.17, 15) is 5.11 Å². The number of rotatable bonds is 4. The van der Waals surface area contributed by atoms with Gasteiger partial charge in [-0.2, -0.15) is 0 Å². The first kappa shape index (κ1) is 12.4. The second kappa shape index (κ2) is 4.83. The first-order chi connectivity index (χ1) is 9.10. The van der Waals surface area contributed by atoms with Crippen molar-refractivity contribution in [3.8, 4) is 0 Å². The van der Waals surface area contributed by atoms with Gasteiger partial charge in [-0.3, -0.25) is 4.90 Å². The highest BCUT2D eigenvalue weighted by atomic mass is 16.3. The van der Waals surface area contributed by atoms with E-state index in [-0.39, 0.29) is 6.10 Å². The summed E-state index contributed by atoms with van der Waals surface area (Å²) in [5.41, 5.74) is 7.99. The molecule has 1 aromatic carbocycles. The van der Waals surface area contributed by atoms with Gasteiger partial charge in [0.2, 0.25) is 5.89 Å². The summed E-state index contributed by atoms with van der Waals surface area (Å²) in [4.78, 5) is 6.63. The Kier molecular flexibility index (Phi) is 3.16. The second-order valence-corrected chi connectivity index (χ2v) is 5.52. The van der Waals surface area contributed by atoms with Crippen LogP contribution in [0.15, 0.2) is 22.6 Å². The Balaban J connectivity index is 1.64. The number of fused-ring (bicyclic) bond motifs is 1. The normalized spacial score (nSPS) is 22.9. The van der Waals surface area contributed by atoms with Crippen LogP contribution in [0.25, 0.3) is 11.1 Å². The first-order valence-corrected chi connectivity index (χ1v) is 6.61. The number of hydrogen-bond acceptors (Lipinski definition) is 5. The number of nitrogen functional groups attached to an aromatic ring is 1. The van der Waals surface area contributed by atoms with Crippen LogP contribution in [0.3, 0.4) is 0 Å². The quantitative estimate of drug-likeness (QED) is 0.818. The molecule has 1 heterocycles. The molecule has 5 nitrogen and oxygen atoms in total. The predicted molar refractivity (Wildman–Crippen MR) is 73.5 cm³/mol. The van der Waals surface area contributed by atoms with E-state index in [2.05, 4.69) is 9.88 Å². The van der Waals surface area contributed by atoms with Crippen molar-refractivity contribution < 1.29 is 9.52 Å². The lowest BCUT2D eigenvalue weighted by atomic mass is 9.82. The molecule has 1 aliphatic carbocycles. The van der Waals surface area contributed by atoms with Crippen molar-refractivity contribution in [1.82, 2.24) is 9.88 Å². The maximum atomic E-state index is 9.28. The molecule has 0 radical (unpaired) electrons. The average Bonchev–Trinajstić information content (AvgIpc) is 2.68. The monoisotopic (exact) mass is 261 g/mol. The Labute approximate surface area is 112 Å². The average molecular weight is 261 g/mol. The number of aromatic nitrogens is 1. The van der Waals surface area contributed by atoms with Crippen molar-refractivity contribution in [2.24, 2.45) is 5.92 Å². The highest BCUT2D eigenvalue weighted by molar-refractivity contribution is 5.76. The molecular weight excluding hydrogens is 242 g/mol. The van der Waals surface area contributed by atoms with E-state index >= 15 is 0 Å². The van der Waals surface area contributed by atoms with Gasteiger partial charge in [0.25, 0.3) is 0 Å². The van der Waals surface area contributed by atoms with Gasteiger partial charge >= 0.3 is 0 Å². The summed E-state index contributed by atoms with van der Waals surface area (Å²) in [5.74, 6) is 1.31. The maximum Gasteiger partial charge on any atom is 0.209 e. The molecule has 19 heavy (non-hydrogen) atoms. The number of hydrogen-bond donors (Lipinski definition) is 2. The van der Waals surface area contributed by atoms with E-state index in [1.807, 2.05) is 19.2 Å². The van der Waals surface area contributed by atoms with Crippen molar-refractivity contribution in [1.29, 1.82) is 0 Å². The van der Waals surface area contributed by atoms with Crippen LogP contribution in [0.4, 0.5) is 5.69 Å². The van der Waals surface area contributed by atoms with Crippen LogP contribution in [0.1, 0.15) is 18.7 Å². The molecule has 1 fully saturated rings. The van der Waals surface area contributed by atoms with E-state index in [0.29, 0.717) is 24.0 Å². The molecule has 0 saturated heterocycles. The zero-order chi connectivity index (χ0) is 13.4. The van der Waals surface area contributed by atoms with Gasteiger partial charge in [0.1, 0.15) is 5.52 Å². The van der Waals surface area contributed by atoms with Crippen molar-refractivity contribution in [3.63, 3.8) is 0 Å². The molecule has 1 aliphatic rings. The minimum absolute atomic E-state index is 0.0919. The van der Waals surface area contributed by atoms with Crippen LogP contribution in [-0.2, 0) is 6.54 Å². The van der Waals surface area contributed by atoms with Crippen LogP contribution in [0.5, 0.6) is 0 Å². The van der Waals surface area contributed by atoms with Crippen LogP contribution in [0.2, 0.25) is 0 Å². The van der Waals surface area contributed by atoms with Crippen molar-refractivity contribution in [3.05, 3.63) is 24.1 Å². The molecule has 0 aliphatic heterocycles. The molecule has 102 valence electrons. The highest BCUT2D eigenvalue weighted by Crippen LogP contribution is 2.28. The lowest BCUT2D eigenvalue weighted by Gasteiger charge is -2.34. The van der Waals surface area contributed by atoms with Gasteiger partial charge in [0.05, 0.1) is 12.6 Å². The smallest absolute Gasteiger partial charge is 0.209 e. The number of oxazole rings is 1. The van der Waals surface area contributed by atoms with Gasteiger partial charge in [-0.15, -0.1) is 0 Å². The third-order valence-corrected chi connectivity index (χ3v) is 3.64. The zero-order valence-electron chi connectivity index (χ0n) is 11.0. The summed E-state index contributed by atoms with van der Waals surface area (Å²) in [6.45, 7) is 1.65. The molecule has 0 amide bonds. The van der Waals surface area contributed by atoms with Gasteiger partial charge in [-0.1, -0.05) is 0 Å². The Morgan fingerprint density at radius 1 is 1.47 bits per heavy atom. The number of nitrogens with zero attached hydrogens (tertiary/aromatic N) is 2. The summed E-state index contributed by atoms with van der Waals surface area (Å²) >= 11 is 0. The fourth-order valence-corrected chi connectivity index (χ4v) is 2.64. The molecule has 1 aromatic heterocycles. The number of aliphatic hydroxyl groups is 1. The molecular formula is C14H19N3O2. The van der Waals surface area contributed by atoms with Gasteiger partial charge < -0.3 is 15.3 Å². The van der Waals surface area contributed by atoms with E-state index < -0.39 is 0 Å². The fraction of sp³-hybridized carbons (Fsp3) is 0.500. The highest BCUT2D eigenvalue weighted by Gasteiger charge is 2.28. The number of nitrogens with two attached hydrogens (primary N) is 1. The van der Waals surface area contributed by atoms with Crippen LogP contribution < -0.4 is 5.73 Å². The van der Waals surface area contributed by atoms with Gasteiger partial charge in [-0.05, 0) is 37.9 Å². The Hall–Kier alpha value is -1.59. The van der Waals surface area contributed by atoms with Crippen molar-refractivity contribution in [2.75, 3.05) is 19.3 Å². The standard InChI is InChI=1S/C14H19N3O2/c1-17(7-9-4-11(18)5-9)8-14-16-12-3-2-10(15)6-13(12)19-14/h2-3,6,9,11,18H,4-5,7-8,15H2,1H3. The molecule has 0 atom stereocenters. The van der Waals surface area contributed by atoms with Gasteiger partial charge in [0.15, 0.2) is 5.58 Å². The minimum atomic E-state index is -0.0919. The van der Waals surface area contributed by atoms with Crippen molar-refractivity contribution in [2.45, 2.75) is 25.5 Å². The summed E-state index contributed by atoms with van der Waals surface area (Å²) in [7, 11) is 2.05. The molecule has 0 spiro atoms. The Morgan fingerprint density at radius 2 is 2.26 bits per heavy atom. The van der Waals surface area contributed by atoms with Crippen LogP contribution >= 0.6 is 0 Å². The van der Waals surface area contributed by atoms with Crippen LogP contribution in [-0.4, -0.2) is 34.7 Å². The third-order valence-electron chi connectivity index (χ3n) is 3.64. The first-order valence-electron chi connectivity index (χ1n) is 6.61. The molecule has 0 unspecified atom stereocenters. The van der Waals surface area contributed by atoms with E-state index in [4.69, 9.17) is 10.2 Å². The molecule has 0 bridgehead atoms. The minimum Gasteiger partial charge on any atom is -0.439 e. The zero-order valence-corrected chi connectivity index (χ0v) is 11.0. The molecule has 3 rings (SSSR count). The predicted octanol–water partition coefficient (Wildman–Crippen LogP) is 1.61. The van der Waals surface area contributed by atoms with E-state index in [1.165, 1.54) is 0 Å². The van der Waals surface area contributed by atoms with E-state index in [1.54, 1.807) is 6.07 Å². The summed E-state index contributed by atoms with van der Waals surface area (Å²) in [5, 5.41) is 9.28. The lowest BCUT2D eigenvalue weighted by Crippen LogP contribution is -2.36. The molecule has 3 N–H and O–H groups in total. The number of aliphatic hydroxyl groups excluding tert-OH is 1. The Bertz CT molecular complexity index is 575. The Morgan fingerprint density at radius 3 is 3.00 bits per heavy atom. The third kappa shape index (κ3) is 2.72. The maximum absolute atomic E-state index is 9.28.